The van der Waals surface area contributed by atoms with Crippen LogP contribution in [-0.2, 0) is 11.8 Å². The molecule has 2 N–H and O–H groups in total. The predicted molar refractivity (Wildman–Crippen MR) is 144 cm³/mol. The molecule has 7 nitrogen and oxygen atoms in total. The van der Waals surface area contributed by atoms with Crippen LogP contribution in [-0.4, -0.2) is 30.0 Å². The standard InChI is InChI=1S/C27H24F2N4O3S/c1-5-24(34)31-16-8-10-21(33(4)22-9-7-15(28)11-20(22)29)17(12-16)19-14-32(3)27(36)25-18(19)13-23(37-25)26(35)30-6-2/h5,7-14H,1,6H2,2-4H3,(H,30,35)(H,31,34). The summed E-state index contributed by atoms with van der Waals surface area (Å²) in [6.45, 7) is 5.70. The van der Waals surface area contributed by atoms with Gasteiger partial charge in [0, 0.05) is 60.8 Å². The number of nitrogens with one attached hydrogen (secondary N) is 2. The van der Waals surface area contributed by atoms with Crippen LogP contribution < -0.4 is 21.1 Å². The van der Waals surface area contributed by atoms with Crippen molar-refractivity contribution in [1.82, 2.24) is 9.88 Å². The number of anilines is 3. The second-order valence-corrected chi connectivity index (χ2v) is 9.30. The van der Waals surface area contributed by atoms with Crippen LogP contribution in [0.15, 0.2) is 66.1 Å². The number of benzene rings is 2. The molecule has 0 saturated carbocycles. The van der Waals surface area contributed by atoms with E-state index in [1.54, 1.807) is 56.4 Å². The summed E-state index contributed by atoms with van der Waals surface area (Å²) in [5, 5.41) is 5.99. The van der Waals surface area contributed by atoms with Crippen LogP contribution in [0.25, 0.3) is 21.2 Å². The maximum atomic E-state index is 14.7. The first-order valence-electron chi connectivity index (χ1n) is 11.3. The fraction of sp³-hybridized carbons (Fsp3) is 0.148. The number of hydrogen-bond donors (Lipinski definition) is 2. The van der Waals surface area contributed by atoms with E-state index in [1.165, 1.54) is 10.6 Å². The number of nitrogens with zero attached hydrogens (tertiary/aromatic N) is 2. The van der Waals surface area contributed by atoms with E-state index in [1.807, 2.05) is 0 Å². The number of aromatic nitrogens is 1. The molecular formula is C27H24F2N4O3S. The molecule has 4 aromatic rings. The van der Waals surface area contributed by atoms with Crippen LogP contribution in [0.1, 0.15) is 16.6 Å². The predicted octanol–water partition coefficient (Wildman–Crippen LogP) is 5.19. The van der Waals surface area contributed by atoms with E-state index in [0.717, 1.165) is 29.5 Å². The molecule has 4 rings (SSSR count). The van der Waals surface area contributed by atoms with Crippen molar-refractivity contribution in [3.05, 3.63) is 88.2 Å². The normalized spacial score (nSPS) is 10.8. The molecule has 0 saturated heterocycles. The van der Waals surface area contributed by atoms with Gasteiger partial charge in [0.15, 0.2) is 0 Å². The SMILES string of the molecule is C=CC(=O)Nc1ccc(N(C)c2ccc(F)cc2F)c(-c2cn(C)c(=O)c3sc(C(=O)NCC)cc23)c1. The maximum Gasteiger partial charge on any atom is 0.268 e. The highest BCUT2D eigenvalue weighted by Gasteiger charge is 2.21. The number of hydrogen-bond acceptors (Lipinski definition) is 5. The quantitative estimate of drug-likeness (QED) is 0.328. The van der Waals surface area contributed by atoms with E-state index in [0.29, 0.717) is 44.0 Å². The molecule has 0 fully saturated rings. The van der Waals surface area contributed by atoms with Gasteiger partial charge in [-0.25, -0.2) is 8.78 Å². The Morgan fingerprint density at radius 2 is 1.84 bits per heavy atom. The fourth-order valence-corrected chi connectivity index (χ4v) is 5.08. The molecule has 0 bridgehead atoms. The Morgan fingerprint density at radius 3 is 2.51 bits per heavy atom. The van der Waals surface area contributed by atoms with Crippen molar-refractivity contribution in [2.24, 2.45) is 7.05 Å². The van der Waals surface area contributed by atoms with Gasteiger partial charge in [0.2, 0.25) is 5.91 Å². The van der Waals surface area contributed by atoms with E-state index in [4.69, 9.17) is 0 Å². The zero-order valence-corrected chi connectivity index (χ0v) is 21.2. The lowest BCUT2D eigenvalue weighted by Crippen LogP contribution is -2.21. The molecule has 0 radical (unpaired) electrons. The second-order valence-electron chi connectivity index (χ2n) is 8.25. The number of halogens is 2. The van der Waals surface area contributed by atoms with E-state index >= 15 is 0 Å². The lowest BCUT2D eigenvalue weighted by atomic mass is 10.00. The summed E-state index contributed by atoms with van der Waals surface area (Å²) in [6, 6.07) is 9.96. The number of carbonyl (C=O) groups is 2. The topological polar surface area (TPSA) is 83.4 Å². The van der Waals surface area contributed by atoms with Crippen molar-refractivity contribution >= 4 is 50.3 Å². The summed E-state index contributed by atoms with van der Waals surface area (Å²) in [6.07, 6.45) is 2.77. The zero-order valence-electron chi connectivity index (χ0n) is 20.4. The third-order valence-electron chi connectivity index (χ3n) is 5.79. The molecule has 0 aliphatic heterocycles. The number of pyridine rings is 1. The maximum absolute atomic E-state index is 14.7. The van der Waals surface area contributed by atoms with E-state index < -0.39 is 17.5 Å². The Labute approximate surface area is 215 Å². The molecule has 0 atom stereocenters. The van der Waals surface area contributed by atoms with Crippen molar-refractivity contribution in [1.29, 1.82) is 0 Å². The smallest absolute Gasteiger partial charge is 0.268 e. The van der Waals surface area contributed by atoms with Gasteiger partial charge in [0.05, 0.1) is 10.6 Å². The lowest BCUT2D eigenvalue weighted by molar-refractivity contribution is -0.111. The van der Waals surface area contributed by atoms with Gasteiger partial charge >= 0.3 is 0 Å². The van der Waals surface area contributed by atoms with Gasteiger partial charge in [-0.1, -0.05) is 6.58 Å². The third kappa shape index (κ3) is 5.01. The van der Waals surface area contributed by atoms with Crippen molar-refractivity contribution < 1.29 is 18.4 Å². The van der Waals surface area contributed by atoms with Crippen molar-refractivity contribution in [2.45, 2.75) is 6.92 Å². The van der Waals surface area contributed by atoms with Crippen LogP contribution in [0.4, 0.5) is 25.8 Å². The summed E-state index contributed by atoms with van der Waals surface area (Å²) in [5.74, 6) is -2.17. The van der Waals surface area contributed by atoms with Gasteiger partial charge in [-0.2, -0.15) is 0 Å². The first-order chi connectivity index (χ1) is 17.6. The van der Waals surface area contributed by atoms with Gasteiger partial charge in [-0.15, -0.1) is 11.3 Å². The van der Waals surface area contributed by atoms with Gasteiger partial charge in [-0.3, -0.25) is 14.4 Å². The first-order valence-corrected chi connectivity index (χ1v) is 12.1. The first kappa shape index (κ1) is 25.8. The van der Waals surface area contributed by atoms with Crippen LogP contribution >= 0.6 is 11.3 Å². The van der Waals surface area contributed by atoms with Gasteiger partial charge < -0.3 is 20.1 Å². The van der Waals surface area contributed by atoms with Crippen LogP contribution in [0.5, 0.6) is 0 Å². The summed E-state index contributed by atoms with van der Waals surface area (Å²) in [5.41, 5.74) is 1.96. The minimum Gasteiger partial charge on any atom is -0.352 e. The molecule has 0 spiro atoms. The summed E-state index contributed by atoms with van der Waals surface area (Å²) < 4.78 is 30.1. The van der Waals surface area contributed by atoms with E-state index in [2.05, 4.69) is 17.2 Å². The highest BCUT2D eigenvalue weighted by Crippen LogP contribution is 2.41. The minimum absolute atomic E-state index is 0.125. The molecule has 2 amide bonds. The van der Waals surface area contributed by atoms with Crippen LogP contribution in [0.2, 0.25) is 0 Å². The number of fused-ring (bicyclic) bond motifs is 1. The molecule has 2 aromatic carbocycles. The molecule has 2 heterocycles. The number of rotatable bonds is 7. The Kier molecular flexibility index (Phi) is 7.21. The molecule has 190 valence electrons. The van der Waals surface area contributed by atoms with Crippen molar-refractivity contribution in [2.75, 3.05) is 23.8 Å². The molecule has 0 unspecified atom stereocenters. The van der Waals surface area contributed by atoms with Gasteiger partial charge in [0.25, 0.3) is 11.5 Å². The monoisotopic (exact) mass is 522 g/mol. The molecule has 10 heteroatoms. The Balaban J connectivity index is 1.99. The minimum atomic E-state index is -0.753. The highest BCUT2D eigenvalue weighted by molar-refractivity contribution is 7.20. The van der Waals surface area contributed by atoms with E-state index in [-0.39, 0.29) is 17.2 Å². The lowest BCUT2D eigenvalue weighted by Gasteiger charge is -2.24. The summed E-state index contributed by atoms with van der Waals surface area (Å²) in [4.78, 5) is 39.4. The average molecular weight is 523 g/mol. The Hall–Kier alpha value is -4.31. The van der Waals surface area contributed by atoms with Crippen molar-refractivity contribution in [3.63, 3.8) is 0 Å². The molecular weight excluding hydrogens is 498 g/mol. The zero-order chi connectivity index (χ0) is 26.9. The average Bonchev–Trinajstić information content (AvgIpc) is 3.32. The fourth-order valence-electron chi connectivity index (χ4n) is 4.00. The second kappa shape index (κ2) is 10.4. The molecule has 0 aliphatic carbocycles. The van der Waals surface area contributed by atoms with Crippen molar-refractivity contribution in [3.8, 4) is 11.1 Å². The van der Waals surface area contributed by atoms with Crippen LogP contribution in [0, 0.1) is 11.6 Å². The van der Waals surface area contributed by atoms with Gasteiger partial charge in [-0.05, 0) is 49.4 Å². The van der Waals surface area contributed by atoms with Crippen LogP contribution in [0.3, 0.4) is 0 Å². The third-order valence-corrected chi connectivity index (χ3v) is 6.91. The Morgan fingerprint density at radius 1 is 1.11 bits per heavy atom. The largest absolute Gasteiger partial charge is 0.352 e. The number of carbonyl (C=O) groups excluding carboxylic acids is 2. The molecule has 0 aliphatic rings. The number of amides is 2. The number of aryl methyl sites for hydroxylation is 1. The molecule has 37 heavy (non-hydrogen) atoms. The number of thiophene rings is 1. The summed E-state index contributed by atoms with van der Waals surface area (Å²) >= 11 is 1.08. The van der Waals surface area contributed by atoms with E-state index in [9.17, 15) is 23.2 Å². The van der Waals surface area contributed by atoms with Gasteiger partial charge in [0.1, 0.15) is 16.3 Å². The molecule has 2 aromatic heterocycles. The highest BCUT2D eigenvalue weighted by atomic mass is 32.1. The summed E-state index contributed by atoms with van der Waals surface area (Å²) in [7, 11) is 3.23. The Bertz CT molecular complexity index is 1610.